The van der Waals surface area contributed by atoms with E-state index in [0.29, 0.717) is 35.2 Å². The van der Waals surface area contributed by atoms with Gasteiger partial charge in [-0.3, -0.25) is 4.79 Å². The molecule has 0 aliphatic heterocycles. The zero-order valence-electron chi connectivity index (χ0n) is 15.1. The molecule has 0 bridgehead atoms. The third-order valence-corrected chi connectivity index (χ3v) is 4.32. The number of ether oxygens (including phenoxy) is 1. The number of carbonyl (C=O) groups is 1. The quantitative estimate of drug-likeness (QED) is 0.615. The van der Waals surface area contributed by atoms with Crippen LogP contribution in [0.5, 0.6) is 5.75 Å². The molecule has 2 rings (SSSR count). The van der Waals surface area contributed by atoms with E-state index in [1.807, 2.05) is 24.3 Å². The summed E-state index contributed by atoms with van der Waals surface area (Å²) in [6.45, 7) is 1.42. The summed E-state index contributed by atoms with van der Waals surface area (Å²) in [5, 5.41) is 3.94. The lowest BCUT2D eigenvalue weighted by molar-refractivity contribution is -0.116. The third kappa shape index (κ3) is 7.24. The van der Waals surface area contributed by atoms with Crippen LogP contribution >= 0.6 is 23.2 Å². The zero-order valence-corrected chi connectivity index (χ0v) is 16.6. The summed E-state index contributed by atoms with van der Waals surface area (Å²) in [5.74, 6) is 0.543. The minimum Gasteiger partial charge on any atom is -0.492 e. The molecule has 4 nitrogen and oxygen atoms in total. The Bertz CT molecular complexity index is 718. The van der Waals surface area contributed by atoms with Gasteiger partial charge in [0.1, 0.15) is 5.75 Å². The summed E-state index contributed by atoms with van der Waals surface area (Å²) >= 11 is 11.9. The van der Waals surface area contributed by atoms with Gasteiger partial charge in [-0.05, 0) is 62.8 Å². The number of benzene rings is 2. The number of hydrogen-bond acceptors (Lipinski definition) is 3. The molecule has 1 amide bonds. The molecule has 2 aromatic carbocycles. The Morgan fingerprint density at radius 1 is 1.12 bits per heavy atom. The highest BCUT2D eigenvalue weighted by Crippen LogP contribution is 2.27. The van der Waals surface area contributed by atoms with E-state index in [4.69, 9.17) is 27.9 Å². The molecule has 0 spiro atoms. The highest BCUT2D eigenvalue weighted by Gasteiger charge is 2.05. The molecule has 0 aromatic heterocycles. The van der Waals surface area contributed by atoms with Crippen molar-refractivity contribution in [1.29, 1.82) is 0 Å². The van der Waals surface area contributed by atoms with Crippen LogP contribution in [0.2, 0.25) is 10.0 Å². The lowest BCUT2D eigenvalue weighted by Gasteiger charge is -2.10. The fraction of sp³-hybridized carbons (Fsp3) is 0.350. The number of halogens is 2. The van der Waals surface area contributed by atoms with Crippen LogP contribution < -0.4 is 10.1 Å². The van der Waals surface area contributed by atoms with E-state index in [1.165, 1.54) is 5.56 Å². The van der Waals surface area contributed by atoms with Gasteiger partial charge in [-0.2, -0.15) is 0 Å². The molecule has 0 unspecified atom stereocenters. The molecule has 140 valence electrons. The average Bonchev–Trinajstić information content (AvgIpc) is 2.59. The van der Waals surface area contributed by atoms with Crippen LogP contribution in [0.4, 0.5) is 5.69 Å². The van der Waals surface area contributed by atoms with Crippen molar-refractivity contribution >= 4 is 34.8 Å². The van der Waals surface area contributed by atoms with Crippen molar-refractivity contribution in [2.24, 2.45) is 0 Å². The van der Waals surface area contributed by atoms with E-state index in [1.54, 1.807) is 18.2 Å². The molecule has 26 heavy (non-hydrogen) atoms. The highest BCUT2D eigenvalue weighted by molar-refractivity contribution is 6.35. The van der Waals surface area contributed by atoms with E-state index in [2.05, 4.69) is 24.3 Å². The largest absolute Gasteiger partial charge is 0.492 e. The molecule has 6 heteroatoms. The van der Waals surface area contributed by atoms with Crippen LogP contribution in [0.15, 0.2) is 42.5 Å². The van der Waals surface area contributed by atoms with E-state index >= 15 is 0 Å². The van der Waals surface area contributed by atoms with Gasteiger partial charge in [0.05, 0.1) is 11.6 Å². The van der Waals surface area contributed by atoms with Crippen LogP contribution in [-0.2, 0) is 11.2 Å². The van der Waals surface area contributed by atoms with Crippen molar-refractivity contribution in [3.05, 3.63) is 58.1 Å². The normalized spacial score (nSPS) is 10.8. The smallest absolute Gasteiger partial charge is 0.224 e. The van der Waals surface area contributed by atoms with Gasteiger partial charge >= 0.3 is 0 Å². The Labute approximate surface area is 165 Å². The Morgan fingerprint density at radius 3 is 2.50 bits per heavy atom. The number of carbonyl (C=O) groups excluding carboxylic acids is 1. The Kier molecular flexibility index (Phi) is 8.23. The SMILES string of the molecule is CN(C)CCc1ccc(NC(=O)CCCOc2ccc(Cl)cc2Cl)cc1. The molecule has 0 heterocycles. The second kappa shape index (κ2) is 10.4. The van der Waals surface area contributed by atoms with E-state index in [9.17, 15) is 4.79 Å². The van der Waals surface area contributed by atoms with Gasteiger partial charge in [-0.15, -0.1) is 0 Å². The molecule has 0 radical (unpaired) electrons. The van der Waals surface area contributed by atoms with Crippen LogP contribution in [0.3, 0.4) is 0 Å². The van der Waals surface area contributed by atoms with Crippen LogP contribution in [0.1, 0.15) is 18.4 Å². The number of rotatable bonds is 9. The third-order valence-electron chi connectivity index (χ3n) is 3.79. The first-order valence-corrected chi connectivity index (χ1v) is 9.31. The summed E-state index contributed by atoms with van der Waals surface area (Å²) in [4.78, 5) is 14.2. The second-order valence-corrected chi connectivity index (χ2v) is 7.17. The average molecular weight is 395 g/mol. The predicted octanol–water partition coefficient (Wildman–Crippen LogP) is 4.90. The van der Waals surface area contributed by atoms with Gasteiger partial charge < -0.3 is 15.0 Å². The van der Waals surface area contributed by atoms with Crippen LogP contribution in [-0.4, -0.2) is 38.1 Å². The Hall–Kier alpha value is -1.75. The molecule has 0 aliphatic rings. The van der Waals surface area contributed by atoms with Crippen molar-refractivity contribution in [3.8, 4) is 5.75 Å². The van der Waals surface area contributed by atoms with Gasteiger partial charge in [0.25, 0.3) is 0 Å². The van der Waals surface area contributed by atoms with Gasteiger partial charge in [-0.1, -0.05) is 35.3 Å². The fourth-order valence-electron chi connectivity index (χ4n) is 2.34. The first kappa shape index (κ1) is 20.6. The second-order valence-electron chi connectivity index (χ2n) is 6.33. The van der Waals surface area contributed by atoms with Gasteiger partial charge in [0.2, 0.25) is 5.91 Å². The number of anilines is 1. The zero-order chi connectivity index (χ0) is 18.9. The maximum absolute atomic E-state index is 12.0. The van der Waals surface area contributed by atoms with Crippen molar-refractivity contribution < 1.29 is 9.53 Å². The minimum atomic E-state index is -0.0307. The number of amides is 1. The van der Waals surface area contributed by atoms with E-state index in [-0.39, 0.29) is 5.91 Å². The van der Waals surface area contributed by atoms with Crippen molar-refractivity contribution in [2.75, 3.05) is 32.6 Å². The van der Waals surface area contributed by atoms with Gasteiger partial charge in [0, 0.05) is 23.7 Å². The maximum atomic E-state index is 12.0. The molecule has 0 aliphatic carbocycles. The highest BCUT2D eigenvalue weighted by atomic mass is 35.5. The van der Waals surface area contributed by atoms with Crippen LogP contribution in [0, 0.1) is 0 Å². The molecule has 0 atom stereocenters. The number of nitrogens with zero attached hydrogens (tertiary/aromatic N) is 1. The first-order chi connectivity index (χ1) is 12.4. The standard InChI is InChI=1S/C20H24Cl2N2O2/c1-24(2)12-11-15-5-8-17(9-6-15)23-20(25)4-3-13-26-19-10-7-16(21)14-18(19)22/h5-10,14H,3-4,11-13H2,1-2H3,(H,23,25). The molecule has 2 aromatic rings. The van der Waals surface area contributed by atoms with E-state index in [0.717, 1.165) is 18.7 Å². The summed E-state index contributed by atoms with van der Waals surface area (Å²) in [5.41, 5.74) is 2.07. The topological polar surface area (TPSA) is 41.6 Å². The van der Waals surface area contributed by atoms with Crippen molar-refractivity contribution in [2.45, 2.75) is 19.3 Å². The summed E-state index contributed by atoms with van der Waals surface area (Å²) < 4.78 is 5.58. The molecule has 0 saturated heterocycles. The Morgan fingerprint density at radius 2 is 1.85 bits per heavy atom. The number of likely N-dealkylation sites (N-methyl/N-ethyl adjacent to an activating group) is 1. The van der Waals surface area contributed by atoms with Crippen LogP contribution in [0.25, 0.3) is 0 Å². The van der Waals surface area contributed by atoms with Crippen molar-refractivity contribution in [1.82, 2.24) is 4.90 Å². The fourth-order valence-corrected chi connectivity index (χ4v) is 2.80. The van der Waals surface area contributed by atoms with Gasteiger partial charge in [0.15, 0.2) is 0 Å². The maximum Gasteiger partial charge on any atom is 0.224 e. The van der Waals surface area contributed by atoms with Gasteiger partial charge in [-0.25, -0.2) is 0 Å². The van der Waals surface area contributed by atoms with Crippen molar-refractivity contribution in [3.63, 3.8) is 0 Å². The summed E-state index contributed by atoms with van der Waals surface area (Å²) in [6, 6.07) is 13.0. The summed E-state index contributed by atoms with van der Waals surface area (Å²) in [7, 11) is 4.11. The lowest BCUT2D eigenvalue weighted by atomic mass is 10.1. The predicted molar refractivity (Wildman–Crippen MR) is 109 cm³/mol. The number of hydrogen-bond donors (Lipinski definition) is 1. The van der Waals surface area contributed by atoms with E-state index < -0.39 is 0 Å². The summed E-state index contributed by atoms with van der Waals surface area (Å²) in [6.07, 6.45) is 1.98. The molecular weight excluding hydrogens is 371 g/mol. The molecule has 0 saturated carbocycles. The molecular formula is C20H24Cl2N2O2. The number of nitrogens with one attached hydrogen (secondary N) is 1. The lowest BCUT2D eigenvalue weighted by Crippen LogP contribution is -2.15. The first-order valence-electron chi connectivity index (χ1n) is 8.55. The molecule has 0 fully saturated rings. The monoisotopic (exact) mass is 394 g/mol. The Balaban J connectivity index is 1.70. The minimum absolute atomic E-state index is 0.0307. The molecule has 1 N–H and O–H groups in total.